The van der Waals surface area contributed by atoms with Gasteiger partial charge in [-0.2, -0.15) is 5.10 Å². The minimum Gasteiger partial charge on any atom is -0.457 e. The van der Waals surface area contributed by atoms with Crippen LogP contribution in [0.15, 0.2) is 55.1 Å². The molecule has 9 heteroatoms. The molecule has 6 heterocycles. The Morgan fingerprint density at radius 2 is 2.00 bits per heavy atom. The van der Waals surface area contributed by atoms with Gasteiger partial charge in [0.15, 0.2) is 17.3 Å². The minimum absolute atomic E-state index is 0.521. The first-order valence-corrected chi connectivity index (χ1v) is 12.1. The van der Waals surface area contributed by atoms with Crippen molar-refractivity contribution in [2.75, 3.05) is 12.3 Å². The maximum Gasteiger partial charge on any atom is 0.182 e. The van der Waals surface area contributed by atoms with Gasteiger partial charge in [-0.15, -0.1) is 5.10 Å². The standard InChI is InChI=1S/C26H26N8O/c1-15-10-16(3-5-22(15)35-19-6-8-33-23(12-19)29-14-30-33)26-31-25(27)24-20(7-9-34(24)32-26)21-11-18-4-2-17(21)13-28-18/h3,5-10,12,14,17-18,21,28H,2,4,11,13H2,1H3,(H2,27,31,32). The van der Waals surface area contributed by atoms with Gasteiger partial charge in [-0.1, -0.05) is 0 Å². The molecule has 3 aliphatic rings. The monoisotopic (exact) mass is 466 g/mol. The van der Waals surface area contributed by atoms with Crippen molar-refractivity contribution in [1.82, 2.24) is 34.5 Å². The number of aromatic nitrogens is 6. The van der Waals surface area contributed by atoms with E-state index in [0.29, 0.717) is 35.3 Å². The molecule has 3 unspecified atom stereocenters. The Hall–Kier alpha value is -3.98. The summed E-state index contributed by atoms with van der Waals surface area (Å²) in [7, 11) is 0. The number of aryl methyl sites for hydroxylation is 1. The van der Waals surface area contributed by atoms with Crippen molar-refractivity contribution < 1.29 is 4.74 Å². The summed E-state index contributed by atoms with van der Waals surface area (Å²) < 4.78 is 9.71. The molecular formula is C26H26N8O. The lowest BCUT2D eigenvalue weighted by molar-refractivity contribution is 0.181. The number of benzene rings is 1. The lowest BCUT2D eigenvalue weighted by Crippen LogP contribution is -2.48. The molecule has 3 atom stereocenters. The smallest absolute Gasteiger partial charge is 0.182 e. The number of piperidine rings is 2. The van der Waals surface area contributed by atoms with Crippen molar-refractivity contribution in [3.8, 4) is 22.9 Å². The van der Waals surface area contributed by atoms with Crippen molar-refractivity contribution in [3.05, 3.63) is 66.2 Å². The van der Waals surface area contributed by atoms with Gasteiger partial charge in [0.25, 0.3) is 0 Å². The van der Waals surface area contributed by atoms with Crippen LogP contribution in [0, 0.1) is 12.8 Å². The summed E-state index contributed by atoms with van der Waals surface area (Å²) in [6.45, 7) is 3.10. The molecule has 2 bridgehead atoms. The fraction of sp³-hybridized carbons (Fsp3) is 0.308. The molecule has 8 rings (SSSR count). The lowest BCUT2D eigenvalue weighted by atomic mass is 9.70. The Balaban J connectivity index is 1.19. The molecule has 1 saturated carbocycles. The highest BCUT2D eigenvalue weighted by Gasteiger charge is 2.37. The van der Waals surface area contributed by atoms with Gasteiger partial charge in [0.05, 0.1) is 0 Å². The summed E-state index contributed by atoms with van der Waals surface area (Å²) in [6.07, 6.45) is 9.08. The molecule has 176 valence electrons. The number of fused-ring (bicyclic) bond motifs is 5. The van der Waals surface area contributed by atoms with Crippen LogP contribution < -0.4 is 15.8 Å². The third-order valence-corrected chi connectivity index (χ3v) is 7.54. The van der Waals surface area contributed by atoms with Crippen molar-refractivity contribution in [2.45, 2.75) is 38.1 Å². The predicted molar refractivity (Wildman–Crippen MR) is 133 cm³/mol. The fourth-order valence-corrected chi connectivity index (χ4v) is 5.75. The van der Waals surface area contributed by atoms with Gasteiger partial charge in [0, 0.05) is 30.1 Å². The molecule has 0 spiro atoms. The minimum atomic E-state index is 0.521. The largest absolute Gasteiger partial charge is 0.457 e. The summed E-state index contributed by atoms with van der Waals surface area (Å²) in [5, 5.41) is 12.6. The molecule has 5 aromatic rings. The number of hydrogen-bond donors (Lipinski definition) is 2. The Morgan fingerprint density at radius 3 is 2.80 bits per heavy atom. The van der Waals surface area contributed by atoms with Crippen LogP contribution in [0.4, 0.5) is 5.82 Å². The zero-order valence-electron chi connectivity index (χ0n) is 19.4. The van der Waals surface area contributed by atoms with Crippen LogP contribution in [0.1, 0.15) is 36.3 Å². The van der Waals surface area contributed by atoms with Crippen LogP contribution in [0.5, 0.6) is 11.5 Å². The number of pyridine rings is 1. The van der Waals surface area contributed by atoms with Gasteiger partial charge in [-0.25, -0.2) is 19.0 Å². The first kappa shape index (κ1) is 20.4. The van der Waals surface area contributed by atoms with Crippen molar-refractivity contribution in [2.24, 2.45) is 5.92 Å². The molecule has 0 amide bonds. The molecule has 2 aliphatic heterocycles. The van der Waals surface area contributed by atoms with Crippen LogP contribution >= 0.6 is 0 Å². The second kappa shape index (κ2) is 7.78. The van der Waals surface area contributed by atoms with Gasteiger partial charge in [0.2, 0.25) is 0 Å². The Bertz CT molecular complexity index is 1560. The number of nitrogen functional groups attached to an aromatic ring is 1. The number of hydrogen-bond acceptors (Lipinski definition) is 7. The highest BCUT2D eigenvalue weighted by atomic mass is 16.5. The van der Waals surface area contributed by atoms with Crippen LogP contribution in [-0.4, -0.2) is 41.8 Å². The quantitative estimate of drug-likeness (QED) is 0.412. The topological polar surface area (TPSA) is 108 Å². The first-order valence-electron chi connectivity index (χ1n) is 12.1. The Morgan fingerprint density at radius 1 is 1.09 bits per heavy atom. The zero-order chi connectivity index (χ0) is 23.5. The van der Waals surface area contributed by atoms with E-state index in [1.807, 2.05) is 54.2 Å². The summed E-state index contributed by atoms with van der Waals surface area (Å²) in [5.41, 5.74) is 11.4. The molecule has 2 saturated heterocycles. The average molecular weight is 467 g/mol. The third kappa shape index (κ3) is 3.42. The van der Waals surface area contributed by atoms with E-state index in [-0.39, 0.29) is 0 Å². The summed E-state index contributed by atoms with van der Waals surface area (Å²) in [6, 6.07) is 12.5. The molecule has 3 fully saturated rings. The molecule has 35 heavy (non-hydrogen) atoms. The third-order valence-electron chi connectivity index (χ3n) is 7.54. The molecule has 0 radical (unpaired) electrons. The highest BCUT2D eigenvalue weighted by molar-refractivity contribution is 5.73. The second-order valence-electron chi connectivity index (χ2n) is 9.68. The van der Waals surface area contributed by atoms with Gasteiger partial charge in [-0.3, -0.25) is 0 Å². The molecule has 4 aromatic heterocycles. The molecule has 1 aromatic carbocycles. The van der Waals surface area contributed by atoms with Gasteiger partial charge < -0.3 is 15.8 Å². The number of nitrogens with one attached hydrogen (secondary N) is 1. The van der Waals surface area contributed by atoms with Crippen LogP contribution in [0.2, 0.25) is 0 Å². The Kier molecular flexibility index (Phi) is 4.53. The van der Waals surface area contributed by atoms with E-state index >= 15 is 0 Å². The maximum absolute atomic E-state index is 6.53. The molecule has 3 N–H and O–H groups in total. The number of nitrogens with two attached hydrogens (primary N) is 1. The number of anilines is 1. The number of nitrogens with zero attached hydrogens (tertiary/aromatic N) is 6. The molecule has 9 nitrogen and oxygen atoms in total. The van der Waals surface area contributed by atoms with Crippen molar-refractivity contribution >= 4 is 17.0 Å². The molecular weight excluding hydrogens is 440 g/mol. The van der Waals surface area contributed by atoms with Crippen LogP contribution in [0.25, 0.3) is 22.6 Å². The predicted octanol–water partition coefficient (Wildman–Crippen LogP) is 3.98. The van der Waals surface area contributed by atoms with Gasteiger partial charge >= 0.3 is 0 Å². The summed E-state index contributed by atoms with van der Waals surface area (Å²) in [4.78, 5) is 8.93. The van der Waals surface area contributed by atoms with Gasteiger partial charge in [0.1, 0.15) is 23.3 Å². The van der Waals surface area contributed by atoms with Crippen molar-refractivity contribution in [1.29, 1.82) is 0 Å². The van der Waals surface area contributed by atoms with E-state index in [0.717, 1.165) is 41.0 Å². The Labute approximate surface area is 202 Å². The van der Waals surface area contributed by atoms with E-state index in [4.69, 9.17) is 20.6 Å². The lowest BCUT2D eigenvalue weighted by Gasteiger charge is -2.43. The van der Waals surface area contributed by atoms with E-state index in [1.165, 1.54) is 24.7 Å². The average Bonchev–Trinajstić information content (AvgIpc) is 3.53. The maximum atomic E-state index is 6.53. The molecule has 1 aliphatic carbocycles. The van der Waals surface area contributed by atoms with E-state index in [1.54, 1.807) is 4.52 Å². The SMILES string of the molecule is Cc1cc(-c2nc(N)c3c(C4CC5CCC4CN5)ccn3n2)ccc1Oc1ccn2ncnc2c1. The second-order valence-corrected chi connectivity index (χ2v) is 9.68. The van der Waals surface area contributed by atoms with Crippen LogP contribution in [-0.2, 0) is 0 Å². The number of ether oxygens (including phenoxy) is 1. The summed E-state index contributed by atoms with van der Waals surface area (Å²) in [5.74, 6) is 3.77. The highest BCUT2D eigenvalue weighted by Crippen LogP contribution is 2.43. The van der Waals surface area contributed by atoms with E-state index < -0.39 is 0 Å². The zero-order valence-corrected chi connectivity index (χ0v) is 19.4. The van der Waals surface area contributed by atoms with Crippen LogP contribution in [0.3, 0.4) is 0 Å². The summed E-state index contributed by atoms with van der Waals surface area (Å²) >= 11 is 0. The normalized spacial score (nSPS) is 21.7. The fourth-order valence-electron chi connectivity index (χ4n) is 5.75. The number of rotatable bonds is 4. The van der Waals surface area contributed by atoms with Crippen molar-refractivity contribution in [3.63, 3.8) is 0 Å². The van der Waals surface area contributed by atoms with Gasteiger partial charge in [-0.05, 0) is 86.0 Å². The van der Waals surface area contributed by atoms with E-state index in [2.05, 4.69) is 21.5 Å². The first-order chi connectivity index (χ1) is 17.1. The van der Waals surface area contributed by atoms with E-state index in [9.17, 15) is 0 Å².